The van der Waals surface area contributed by atoms with Gasteiger partial charge in [-0.25, -0.2) is 4.79 Å². The van der Waals surface area contributed by atoms with Crippen molar-refractivity contribution in [3.05, 3.63) is 53.1 Å². The van der Waals surface area contributed by atoms with Crippen molar-refractivity contribution in [2.75, 3.05) is 48.2 Å². The van der Waals surface area contributed by atoms with E-state index in [0.717, 1.165) is 56.6 Å². The summed E-state index contributed by atoms with van der Waals surface area (Å²) < 4.78 is 39.9. The Morgan fingerprint density at radius 3 is 2.24 bits per heavy atom. The van der Waals surface area contributed by atoms with Gasteiger partial charge in [-0.3, -0.25) is 10.4 Å². The van der Waals surface area contributed by atoms with Crippen LogP contribution in [0.5, 0.6) is 0 Å². The van der Waals surface area contributed by atoms with Crippen molar-refractivity contribution >= 4 is 34.7 Å². The van der Waals surface area contributed by atoms with Gasteiger partial charge < -0.3 is 20.4 Å². The predicted molar refractivity (Wildman–Crippen MR) is 136 cm³/mol. The van der Waals surface area contributed by atoms with Gasteiger partial charge in [0, 0.05) is 55.2 Å². The number of rotatable bonds is 6. The molecule has 0 aromatic heterocycles. The number of halogens is 4. The number of benzene rings is 2. The summed E-state index contributed by atoms with van der Waals surface area (Å²) in [4.78, 5) is 16.7. The molecule has 1 aliphatic heterocycles. The van der Waals surface area contributed by atoms with Gasteiger partial charge in [-0.2, -0.15) is 13.2 Å². The van der Waals surface area contributed by atoms with Crippen molar-refractivity contribution in [3.8, 4) is 0 Å². The molecule has 0 radical (unpaired) electrons. The average Bonchev–Trinajstić information content (AvgIpc) is 2.88. The first-order valence-corrected chi connectivity index (χ1v) is 12.7. The van der Waals surface area contributed by atoms with E-state index in [1.165, 1.54) is 6.07 Å². The van der Waals surface area contributed by atoms with Gasteiger partial charge in [0.2, 0.25) is 0 Å². The van der Waals surface area contributed by atoms with Gasteiger partial charge >= 0.3 is 12.2 Å². The summed E-state index contributed by atoms with van der Waals surface area (Å²) in [5.41, 5.74) is -0.506. The smallest absolute Gasteiger partial charge is 0.382 e. The van der Waals surface area contributed by atoms with E-state index in [0.29, 0.717) is 30.6 Å². The number of piperazine rings is 1. The Labute approximate surface area is 218 Å². The van der Waals surface area contributed by atoms with Crippen LogP contribution in [0.15, 0.2) is 42.5 Å². The molecule has 8 nitrogen and oxygen atoms in total. The molecular formula is C25H31ClF3N5O3. The Balaban J connectivity index is 1.19. The molecule has 2 amide bonds. The fourth-order valence-corrected chi connectivity index (χ4v) is 5.06. The van der Waals surface area contributed by atoms with E-state index in [1.807, 2.05) is 29.2 Å². The van der Waals surface area contributed by atoms with Gasteiger partial charge in [0.1, 0.15) is 5.69 Å². The number of carbonyl (C=O) groups excluding carboxylic acids is 1. The van der Waals surface area contributed by atoms with E-state index in [2.05, 4.69) is 15.5 Å². The molecule has 2 aromatic rings. The topological polar surface area (TPSA) is 91.3 Å². The van der Waals surface area contributed by atoms with Crippen LogP contribution in [0, 0.1) is 5.92 Å². The second-order valence-corrected chi connectivity index (χ2v) is 9.95. The Bertz CT molecular complexity index is 1050. The van der Waals surface area contributed by atoms with E-state index in [1.54, 1.807) is 0 Å². The monoisotopic (exact) mass is 541 g/mol. The maximum Gasteiger partial charge on any atom is 0.418 e. The Morgan fingerprint density at radius 1 is 1.00 bits per heavy atom. The highest BCUT2D eigenvalue weighted by atomic mass is 35.5. The highest BCUT2D eigenvalue weighted by molar-refractivity contribution is 6.30. The van der Waals surface area contributed by atoms with Gasteiger partial charge in [-0.1, -0.05) is 11.6 Å². The van der Waals surface area contributed by atoms with Crippen LogP contribution in [-0.4, -0.2) is 60.1 Å². The van der Waals surface area contributed by atoms with Crippen molar-refractivity contribution in [2.45, 2.75) is 37.9 Å². The lowest BCUT2D eigenvalue weighted by Crippen LogP contribution is -2.52. The van der Waals surface area contributed by atoms with Gasteiger partial charge in [0.05, 0.1) is 5.56 Å². The van der Waals surface area contributed by atoms with E-state index < -0.39 is 22.7 Å². The molecule has 0 spiro atoms. The van der Waals surface area contributed by atoms with Crippen molar-refractivity contribution in [1.29, 1.82) is 0 Å². The van der Waals surface area contributed by atoms with Crippen LogP contribution in [0.3, 0.4) is 0 Å². The number of anilines is 3. The van der Waals surface area contributed by atoms with Crippen molar-refractivity contribution in [2.24, 2.45) is 5.92 Å². The molecule has 1 heterocycles. The first-order valence-electron chi connectivity index (χ1n) is 12.3. The number of amides is 2. The van der Waals surface area contributed by atoms with Crippen LogP contribution in [0.4, 0.5) is 35.0 Å². The van der Waals surface area contributed by atoms with Crippen LogP contribution in [0.25, 0.3) is 0 Å². The molecule has 202 valence electrons. The number of hydrogen-bond acceptors (Lipinski definition) is 6. The summed E-state index contributed by atoms with van der Waals surface area (Å²) in [6, 6.07) is 10.9. The first kappa shape index (κ1) is 27.2. The quantitative estimate of drug-likeness (QED) is 0.364. The van der Waals surface area contributed by atoms with Crippen LogP contribution in [0.1, 0.15) is 31.2 Å². The molecule has 4 rings (SSSR count). The summed E-state index contributed by atoms with van der Waals surface area (Å²) in [5.74, 6) is 0.308. The van der Waals surface area contributed by atoms with Crippen molar-refractivity contribution in [3.63, 3.8) is 0 Å². The van der Waals surface area contributed by atoms with Gasteiger partial charge in [0.15, 0.2) is 0 Å². The largest absolute Gasteiger partial charge is 0.418 e. The number of hydrogen-bond donors (Lipinski definition) is 4. The van der Waals surface area contributed by atoms with Gasteiger partial charge in [-0.15, -0.1) is 5.23 Å². The molecule has 2 aromatic carbocycles. The minimum Gasteiger partial charge on any atom is -0.382 e. The maximum absolute atomic E-state index is 13.3. The fourth-order valence-electron chi connectivity index (χ4n) is 4.94. The predicted octanol–water partition coefficient (Wildman–Crippen LogP) is 5.45. The van der Waals surface area contributed by atoms with Crippen molar-refractivity contribution < 1.29 is 28.4 Å². The average molecular weight is 542 g/mol. The summed E-state index contributed by atoms with van der Waals surface area (Å²) >= 11 is 5.96. The van der Waals surface area contributed by atoms with E-state index in [-0.39, 0.29) is 17.8 Å². The molecule has 0 unspecified atom stereocenters. The van der Waals surface area contributed by atoms with E-state index in [4.69, 9.17) is 22.0 Å². The summed E-state index contributed by atoms with van der Waals surface area (Å²) in [6.07, 6.45) is -1.53. The van der Waals surface area contributed by atoms with E-state index >= 15 is 0 Å². The van der Waals surface area contributed by atoms with Crippen LogP contribution in [-0.2, 0) is 6.18 Å². The highest BCUT2D eigenvalue weighted by Gasteiger charge is 2.35. The van der Waals surface area contributed by atoms with E-state index in [9.17, 15) is 18.0 Å². The zero-order valence-corrected chi connectivity index (χ0v) is 21.0. The third-order valence-electron chi connectivity index (χ3n) is 7.04. The number of nitrogens with zero attached hydrogens (tertiary/aromatic N) is 3. The number of nitrogens with one attached hydrogen (secondary N) is 2. The number of alkyl halides is 3. The first-order chi connectivity index (χ1) is 17.6. The lowest BCUT2D eigenvalue weighted by atomic mass is 9.86. The van der Waals surface area contributed by atoms with Crippen LogP contribution in [0.2, 0.25) is 5.02 Å². The summed E-state index contributed by atoms with van der Waals surface area (Å²) in [6.45, 7) is 3.33. The molecule has 1 saturated heterocycles. The molecule has 2 fully saturated rings. The molecule has 0 atom stereocenters. The molecule has 0 bridgehead atoms. The molecule has 1 saturated carbocycles. The normalized spacial score (nSPS) is 20.5. The Hall–Kier alpha value is -2.89. The molecule has 2 aliphatic rings. The Kier molecular flexibility index (Phi) is 8.56. The third-order valence-corrected chi connectivity index (χ3v) is 7.29. The molecule has 12 heteroatoms. The minimum absolute atomic E-state index is 0.000753. The number of urea groups is 1. The SMILES string of the molecule is O=C(NCC1CCC(Nc2ccc(N(O)O)c(C(F)(F)F)c2)CC1)N1CCN(c2ccc(Cl)cc2)CC1. The maximum atomic E-state index is 13.3. The van der Waals surface area contributed by atoms with Crippen LogP contribution >= 0.6 is 11.6 Å². The molecule has 37 heavy (non-hydrogen) atoms. The fraction of sp³-hybridized carbons (Fsp3) is 0.480. The van der Waals surface area contributed by atoms with Gasteiger partial charge in [0.25, 0.3) is 0 Å². The Morgan fingerprint density at radius 2 is 1.65 bits per heavy atom. The molecule has 1 aliphatic carbocycles. The minimum atomic E-state index is -4.73. The zero-order valence-electron chi connectivity index (χ0n) is 20.2. The number of carbonyl (C=O) groups is 1. The third kappa shape index (κ3) is 7.12. The summed E-state index contributed by atoms with van der Waals surface area (Å²) in [7, 11) is 0. The molecule has 4 N–H and O–H groups in total. The van der Waals surface area contributed by atoms with Gasteiger partial charge in [-0.05, 0) is 74.1 Å². The molecular weight excluding hydrogens is 511 g/mol. The lowest BCUT2D eigenvalue weighted by Gasteiger charge is -2.36. The summed E-state index contributed by atoms with van der Waals surface area (Å²) in [5, 5.41) is 24.5. The second kappa shape index (κ2) is 11.7. The standard InChI is InChI=1S/C25H31ClF3N5O3/c26-18-3-8-21(9-4-18)32-11-13-33(14-12-32)24(35)30-16-17-1-5-19(6-2-17)31-20-7-10-23(34(36)37)22(15-20)25(27,28)29/h3-4,7-10,15,17,19,31,36-37H,1-2,5-6,11-14,16H2,(H,30,35). The lowest BCUT2D eigenvalue weighted by molar-refractivity contribution is -0.138. The second-order valence-electron chi connectivity index (χ2n) is 9.52. The van der Waals surface area contributed by atoms with Crippen molar-refractivity contribution in [1.82, 2.24) is 10.2 Å². The zero-order chi connectivity index (χ0) is 26.6. The van der Waals surface area contributed by atoms with Crippen LogP contribution < -0.4 is 20.8 Å². The highest BCUT2D eigenvalue weighted by Crippen LogP contribution is 2.38.